The second-order valence-corrected chi connectivity index (χ2v) is 5.44. The first-order chi connectivity index (χ1) is 11.0. The first-order valence-electron chi connectivity index (χ1n) is 7.54. The maximum atomic E-state index is 11.9. The minimum Gasteiger partial charge on any atom is -0.491 e. The van der Waals surface area contributed by atoms with Crippen LogP contribution in [-0.4, -0.2) is 24.5 Å². The van der Waals surface area contributed by atoms with Crippen molar-refractivity contribution in [3.05, 3.63) is 65.7 Å². The molecule has 120 valence electrons. The van der Waals surface area contributed by atoms with Crippen LogP contribution >= 0.6 is 0 Å². The number of ether oxygens (including phenoxy) is 2. The van der Waals surface area contributed by atoms with Crippen molar-refractivity contribution in [1.82, 2.24) is 0 Å². The zero-order chi connectivity index (χ0) is 16.7. The van der Waals surface area contributed by atoms with Crippen LogP contribution in [0.4, 0.5) is 0 Å². The van der Waals surface area contributed by atoms with Gasteiger partial charge in [0.1, 0.15) is 5.75 Å². The third-order valence-corrected chi connectivity index (χ3v) is 3.08. The van der Waals surface area contributed by atoms with Gasteiger partial charge in [-0.15, -0.1) is 0 Å². The quantitative estimate of drug-likeness (QED) is 0.580. The van der Waals surface area contributed by atoms with E-state index in [2.05, 4.69) is 0 Å². The molecule has 4 heteroatoms. The molecule has 0 aliphatic heterocycles. The van der Waals surface area contributed by atoms with Crippen molar-refractivity contribution in [2.75, 3.05) is 6.61 Å². The van der Waals surface area contributed by atoms with Crippen LogP contribution < -0.4 is 4.74 Å². The molecule has 0 amide bonds. The van der Waals surface area contributed by atoms with Gasteiger partial charge in [0.2, 0.25) is 0 Å². The Bertz CT molecular complexity index is 662. The molecule has 0 saturated heterocycles. The molecule has 0 heterocycles. The Labute approximate surface area is 136 Å². The normalized spacial score (nSPS) is 10.4. The number of carbonyl (C=O) groups excluding carboxylic acids is 2. The smallest absolute Gasteiger partial charge is 0.310 e. The highest BCUT2D eigenvalue weighted by molar-refractivity contribution is 5.97. The molecule has 0 aliphatic rings. The van der Waals surface area contributed by atoms with E-state index in [0.717, 1.165) is 5.56 Å². The van der Waals surface area contributed by atoms with Crippen LogP contribution in [0.3, 0.4) is 0 Å². The highest BCUT2D eigenvalue weighted by atomic mass is 16.5. The molecule has 0 N–H and O–H groups in total. The van der Waals surface area contributed by atoms with Crippen LogP contribution in [0.25, 0.3) is 0 Å². The second kappa shape index (κ2) is 8.13. The Kier molecular flexibility index (Phi) is 5.92. The van der Waals surface area contributed by atoms with Crippen LogP contribution in [0.2, 0.25) is 0 Å². The number of esters is 1. The van der Waals surface area contributed by atoms with Gasteiger partial charge in [0.05, 0.1) is 12.5 Å². The largest absolute Gasteiger partial charge is 0.491 e. The van der Waals surface area contributed by atoms with Crippen LogP contribution in [-0.2, 0) is 16.0 Å². The molecule has 4 nitrogen and oxygen atoms in total. The molecule has 0 fully saturated rings. The Morgan fingerprint density at radius 3 is 2.43 bits per heavy atom. The van der Waals surface area contributed by atoms with E-state index in [9.17, 15) is 9.59 Å². The van der Waals surface area contributed by atoms with Gasteiger partial charge in [-0.2, -0.15) is 0 Å². The number of Topliss-reactive ketones (excluding diaryl/α,β-unsaturated/α-hetero) is 1. The first-order valence-corrected chi connectivity index (χ1v) is 7.54. The third-order valence-electron chi connectivity index (χ3n) is 3.08. The number of hydrogen-bond acceptors (Lipinski definition) is 4. The van der Waals surface area contributed by atoms with Crippen molar-refractivity contribution >= 4 is 11.8 Å². The zero-order valence-corrected chi connectivity index (χ0v) is 13.3. The topological polar surface area (TPSA) is 52.6 Å². The molecule has 0 unspecified atom stereocenters. The lowest BCUT2D eigenvalue weighted by Gasteiger charge is -2.10. The predicted octanol–water partition coefficient (Wildman–Crippen LogP) is 3.44. The predicted molar refractivity (Wildman–Crippen MR) is 87.6 cm³/mol. The summed E-state index contributed by atoms with van der Waals surface area (Å²) in [5.41, 5.74) is 1.33. The Morgan fingerprint density at radius 2 is 1.74 bits per heavy atom. The number of ketones is 1. The van der Waals surface area contributed by atoms with Crippen molar-refractivity contribution in [3.8, 4) is 5.75 Å². The number of benzene rings is 2. The van der Waals surface area contributed by atoms with E-state index >= 15 is 0 Å². The minimum absolute atomic E-state index is 0.0701. The fraction of sp³-hybridized carbons (Fsp3) is 0.263. The molecule has 0 aromatic heterocycles. The van der Waals surface area contributed by atoms with E-state index in [1.807, 2.05) is 38.1 Å². The van der Waals surface area contributed by atoms with Gasteiger partial charge < -0.3 is 9.47 Å². The van der Waals surface area contributed by atoms with Crippen LogP contribution in [0.5, 0.6) is 5.75 Å². The average Bonchev–Trinajstić information content (AvgIpc) is 2.53. The Morgan fingerprint density at radius 1 is 1.00 bits per heavy atom. The second-order valence-electron chi connectivity index (χ2n) is 5.44. The van der Waals surface area contributed by atoms with Gasteiger partial charge in [0, 0.05) is 5.56 Å². The SMILES string of the molecule is CC(C)Oc1cccc(CC(=O)OCC(=O)c2ccccc2)c1. The maximum Gasteiger partial charge on any atom is 0.310 e. The minimum atomic E-state index is -0.434. The highest BCUT2D eigenvalue weighted by Crippen LogP contribution is 2.15. The van der Waals surface area contributed by atoms with Gasteiger partial charge in [-0.3, -0.25) is 9.59 Å². The molecule has 2 aromatic carbocycles. The first kappa shape index (κ1) is 16.7. The summed E-state index contributed by atoms with van der Waals surface area (Å²) in [5, 5.41) is 0. The summed E-state index contributed by atoms with van der Waals surface area (Å²) < 4.78 is 10.6. The van der Waals surface area contributed by atoms with E-state index in [1.165, 1.54) is 0 Å². The Balaban J connectivity index is 1.86. The monoisotopic (exact) mass is 312 g/mol. The molecule has 23 heavy (non-hydrogen) atoms. The van der Waals surface area contributed by atoms with E-state index < -0.39 is 5.97 Å². The van der Waals surface area contributed by atoms with Gasteiger partial charge in [-0.05, 0) is 31.5 Å². The number of carbonyl (C=O) groups is 2. The third kappa shape index (κ3) is 5.58. The standard InChI is InChI=1S/C19H20O4/c1-14(2)23-17-10-6-7-15(11-17)12-19(21)22-13-18(20)16-8-4-3-5-9-16/h3-11,14H,12-13H2,1-2H3. The van der Waals surface area contributed by atoms with Crippen molar-refractivity contribution in [2.45, 2.75) is 26.4 Å². The molecule has 0 bridgehead atoms. The van der Waals surface area contributed by atoms with Crippen molar-refractivity contribution in [2.24, 2.45) is 0 Å². The van der Waals surface area contributed by atoms with Crippen LogP contribution in [0.1, 0.15) is 29.8 Å². The Hall–Kier alpha value is -2.62. The molecule has 0 saturated carbocycles. The summed E-state index contributed by atoms with van der Waals surface area (Å²) in [6, 6.07) is 16.1. The van der Waals surface area contributed by atoms with Crippen molar-refractivity contribution < 1.29 is 19.1 Å². The molecule has 0 spiro atoms. The van der Waals surface area contributed by atoms with Gasteiger partial charge >= 0.3 is 5.97 Å². The lowest BCUT2D eigenvalue weighted by molar-refractivity contribution is -0.141. The molecule has 0 radical (unpaired) electrons. The molecular weight excluding hydrogens is 292 g/mol. The number of hydrogen-bond donors (Lipinski definition) is 0. The summed E-state index contributed by atoms with van der Waals surface area (Å²) in [7, 11) is 0. The summed E-state index contributed by atoms with van der Waals surface area (Å²) in [5.74, 6) is 0.0671. The highest BCUT2D eigenvalue weighted by Gasteiger charge is 2.11. The van der Waals surface area contributed by atoms with Gasteiger partial charge in [-0.1, -0.05) is 42.5 Å². The van der Waals surface area contributed by atoms with Crippen LogP contribution in [0, 0.1) is 0 Å². The summed E-state index contributed by atoms with van der Waals surface area (Å²) in [6.07, 6.45) is 0.179. The van der Waals surface area contributed by atoms with Gasteiger partial charge in [0.15, 0.2) is 12.4 Å². The average molecular weight is 312 g/mol. The zero-order valence-electron chi connectivity index (χ0n) is 13.3. The van der Waals surface area contributed by atoms with E-state index in [4.69, 9.17) is 9.47 Å². The molecule has 0 atom stereocenters. The number of rotatable bonds is 7. The molecule has 2 rings (SSSR count). The van der Waals surface area contributed by atoms with Gasteiger partial charge in [0.25, 0.3) is 0 Å². The fourth-order valence-electron chi connectivity index (χ4n) is 2.07. The summed E-state index contributed by atoms with van der Waals surface area (Å²) in [4.78, 5) is 23.7. The van der Waals surface area contributed by atoms with Gasteiger partial charge in [-0.25, -0.2) is 0 Å². The summed E-state index contributed by atoms with van der Waals surface area (Å²) >= 11 is 0. The maximum absolute atomic E-state index is 11.9. The lowest BCUT2D eigenvalue weighted by Crippen LogP contribution is -2.15. The van der Waals surface area contributed by atoms with E-state index in [0.29, 0.717) is 11.3 Å². The molecule has 2 aromatic rings. The van der Waals surface area contributed by atoms with E-state index in [1.54, 1.807) is 30.3 Å². The van der Waals surface area contributed by atoms with Crippen molar-refractivity contribution in [1.29, 1.82) is 0 Å². The van der Waals surface area contributed by atoms with E-state index in [-0.39, 0.29) is 24.9 Å². The molecular formula is C19H20O4. The molecule has 0 aliphatic carbocycles. The lowest BCUT2D eigenvalue weighted by atomic mass is 10.1. The fourth-order valence-corrected chi connectivity index (χ4v) is 2.07. The van der Waals surface area contributed by atoms with Crippen LogP contribution in [0.15, 0.2) is 54.6 Å². The van der Waals surface area contributed by atoms with Crippen molar-refractivity contribution in [3.63, 3.8) is 0 Å². The summed E-state index contributed by atoms with van der Waals surface area (Å²) in [6.45, 7) is 3.64.